The number of carboxylic acid groups (broad SMARTS) is 1. The average molecular weight is 334 g/mol. The highest BCUT2D eigenvalue weighted by Gasteiger charge is 2.27. The van der Waals surface area contributed by atoms with Crippen LogP contribution in [-0.2, 0) is 10.2 Å². The Morgan fingerprint density at radius 2 is 1.91 bits per heavy atom. The summed E-state index contributed by atoms with van der Waals surface area (Å²) in [6, 6.07) is 9.43. The largest absolute Gasteiger partial charge is 0.481 e. The topological polar surface area (TPSA) is 104 Å². The summed E-state index contributed by atoms with van der Waals surface area (Å²) in [5.74, 6) is -0.965. The number of rotatable bonds is 6. The fourth-order valence-electron chi connectivity index (χ4n) is 1.93. The first-order valence-corrected chi connectivity index (χ1v) is 7.87. The molecule has 1 aromatic heterocycles. The van der Waals surface area contributed by atoms with Gasteiger partial charge in [0, 0.05) is 12.0 Å². The van der Waals surface area contributed by atoms with E-state index in [1.165, 1.54) is 11.3 Å². The summed E-state index contributed by atoms with van der Waals surface area (Å²) in [6.07, 6.45) is -0.129. The molecular formula is C15H18N4O3S. The van der Waals surface area contributed by atoms with Gasteiger partial charge in [-0.3, -0.25) is 10.1 Å². The van der Waals surface area contributed by atoms with Gasteiger partial charge in [0.1, 0.15) is 5.01 Å². The average Bonchev–Trinajstić information content (AvgIpc) is 2.97. The Morgan fingerprint density at radius 1 is 1.22 bits per heavy atom. The molecular weight excluding hydrogens is 316 g/mol. The van der Waals surface area contributed by atoms with Crippen molar-refractivity contribution in [2.24, 2.45) is 0 Å². The lowest BCUT2D eigenvalue weighted by Gasteiger charge is -2.21. The number of urea groups is 1. The molecule has 0 saturated carbocycles. The molecule has 1 aromatic carbocycles. The number of nitrogens with zero attached hydrogens (tertiary/aromatic N) is 2. The number of hydrogen-bond donors (Lipinski definition) is 3. The van der Waals surface area contributed by atoms with Crippen LogP contribution in [0.25, 0.3) is 0 Å². The minimum absolute atomic E-state index is 0.0579. The molecule has 0 fully saturated rings. The monoisotopic (exact) mass is 334 g/mol. The second kappa shape index (κ2) is 7.19. The third-order valence-electron chi connectivity index (χ3n) is 3.30. The Hall–Kier alpha value is -2.48. The van der Waals surface area contributed by atoms with Gasteiger partial charge in [0.2, 0.25) is 5.13 Å². The molecule has 0 unspecified atom stereocenters. The highest BCUT2D eigenvalue weighted by atomic mass is 32.1. The van der Waals surface area contributed by atoms with Crippen molar-refractivity contribution >= 4 is 28.5 Å². The maximum absolute atomic E-state index is 11.6. The van der Waals surface area contributed by atoms with E-state index < -0.39 is 12.0 Å². The number of carbonyl (C=O) groups is 2. The van der Waals surface area contributed by atoms with Crippen LogP contribution in [0.5, 0.6) is 0 Å². The summed E-state index contributed by atoms with van der Waals surface area (Å²) in [5, 5.41) is 22.8. The van der Waals surface area contributed by atoms with E-state index >= 15 is 0 Å². The van der Waals surface area contributed by atoms with Gasteiger partial charge in [0.25, 0.3) is 0 Å². The number of amides is 2. The van der Waals surface area contributed by atoms with Crippen molar-refractivity contribution < 1.29 is 14.7 Å². The molecule has 122 valence electrons. The van der Waals surface area contributed by atoms with Crippen molar-refractivity contribution in [3.8, 4) is 0 Å². The van der Waals surface area contributed by atoms with E-state index in [1.807, 2.05) is 44.2 Å². The zero-order valence-electron chi connectivity index (χ0n) is 12.9. The normalized spacial score (nSPS) is 11.0. The van der Waals surface area contributed by atoms with Crippen molar-refractivity contribution in [1.29, 1.82) is 0 Å². The van der Waals surface area contributed by atoms with E-state index in [1.54, 1.807) is 0 Å². The van der Waals surface area contributed by atoms with Gasteiger partial charge in [-0.1, -0.05) is 41.7 Å². The standard InChI is InChI=1S/C15H18N4O3S/c1-15(2,10-6-4-3-5-7-10)12-18-19-14(23-12)17-13(22)16-9-8-11(20)21/h3-7H,8-9H2,1-2H3,(H,20,21)(H2,16,17,19,22). The maximum atomic E-state index is 11.6. The first-order chi connectivity index (χ1) is 10.9. The predicted octanol–water partition coefficient (Wildman–Crippen LogP) is 2.46. The minimum Gasteiger partial charge on any atom is -0.481 e. The molecule has 7 nitrogen and oxygen atoms in total. The Labute approximate surface area is 137 Å². The highest BCUT2D eigenvalue weighted by Crippen LogP contribution is 2.34. The van der Waals surface area contributed by atoms with Gasteiger partial charge in [-0.15, -0.1) is 10.2 Å². The van der Waals surface area contributed by atoms with Gasteiger partial charge in [0.05, 0.1) is 6.42 Å². The molecule has 0 spiro atoms. The number of anilines is 1. The molecule has 8 heteroatoms. The predicted molar refractivity (Wildman–Crippen MR) is 87.8 cm³/mol. The highest BCUT2D eigenvalue weighted by molar-refractivity contribution is 7.15. The fraction of sp³-hybridized carbons (Fsp3) is 0.333. The zero-order valence-corrected chi connectivity index (χ0v) is 13.7. The van der Waals surface area contributed by atoms with Crippen LogP contribution in [0.1, 0.15) is 30.8 Å². The van der Waals surface area contributed by atoms with Crippen LogP contribution in [0.4, 0.5) is 9.93 Å². The third-order valence-corrected chi connectivity index (χ3v) is 4.46. The van der Waals surface area contributed by atoms with Gasteiger partial charge in [0.15, 0.2) is 0 Å². The molecule has 2 amide bonds. The second-order valence-electron chi connectivity index (χ2n) is 5.43. The van der Waals surface area contributed by atoms with Crippen LogP contribution < -0.4 is 10.6 Å². The molecule has 0 bridgehead atoms. The molecule has 23 heavy (non-hydrogen) atoms. The lowest BCUT2D eigenvalue weighted by atomic mass is 9.85. The summed E-state index contributed by atoms with van der Waals surface area (Å²) in [6.45, 7) is 4.14. The number of aliphatic carboxylic acids is 1. The molecule has 0 aliphatic carbocycles. The van der Waals surface area contributed by atoms with Gasteiger partial charge in [-0.05, 0) is 19.4 Å². The number of carbonyl (C=O) groups excluding carboxylic acids is 1. The Balaban J connectivity index is 2.00. The first-order valence-electron chi connectivity index (χ1n) is 7.06. The Bertz CT molecular complexity index is 685. The smallest absolute Gasteiger partial charge is 0.321 e. The fourth-order valence-corrected chi connectivity index (χ4v) is 2.79. The van der Waals surface area contributed by atoms with Crippen molar-refractivity contribution in [2.75, 3.05) is 11.9 Å². The van der Waals surface area contributed by atoms with Crippen molar-refractivity contribution in [1.82, 2.24) is 15.5 Å². The van der Waals surface area contributed by atoms with Crippen LogP contribution in [0, 0.1) is 0 Å². The van der Waals surface area contributed by atoms with Crippen LogP contribution in [0.2, 0.25) is 0 Å². The van der Waals surface area contributed by atoms with E-state index in [9.17, 15) is 9.59 Å². The van der Waals surface area contributed by atoms with Gasteiger partial charge in [-0.2, -0.15) is 0 Å². The van der Waals surface area contributed by atoms with Gasteiger partial charge < -0.3 is 10.4 Å². The molecule has 0 saturated heterocycles. The second-order valence-corrected chi connectivity index (χ2v) is 6.41. The number of nitrogens with one attached hydrogen (secondary N) is 2. The Morgan fingerprint density at radius 3 is 2.57 bits per heavy atom. The number of hydrogen-bond acceptors (Lipinski definition) is 5. The number of benzene rings is 1. The summed E-state index contributed by atoms with van der Waals surface area (Å²) < 4.78 is 0. The SMILES string of the molecule is CC(C)(c1ccccc1)c1nnc(NC(=O)NCCC(=O)O)s1. The molecule has 0 atom stereocenters. The molecule has 2 aromatic rings. The minimum atomic E-state index is -0.965. The quantitative estimate of drug-likeness (QED) is 0.753. The summed E-state index contributed by atoms with van der Waals surface area (Å²) >= 11 is 1.29. The molecule has 3 N–H and O–H groups in total. The zero-order chi connectivity index (χ0) is 16.9. The van der Waals surface area contributed by atoms with Crippen LogP contribution in [-0.4, -0.2) is 33.8 Å². The summed E-state index contributed by atoms with van der Waals surface area (Å²) in [5.41, 5.74) is 0.784. The molecule has 0 radical (unpaired) electrons. The number of aromatic nitrogens is 2. The van der Waals surface area contributed by atoms with Crippen molar-refractivity contribution in [3.63, 3.8) is 0 Å². The van der Waals surface area contributed by atoms with E-state index in [4.69, 9.17) is 5.11 Å². The van der Waals surface area contributed by atoms with Crippen LogP contribution in [0.15, 0.2) is 30.3 Å². The molecule has 2 rings (SSSR count). The van der Waals surface area contributed by atoms with Gasteiger partial charge >= 0.3 is 12.0 Å². The third kappa shape index (κ3) is 4.49. The van der Waals surface area contributed by atoms with E-state index in [-0.39, 0.29) is 18.4 Å². The summed E-state index contributed by atoms with van der Waals surface area (Å²) in [4.78, 5) is 22.0. The van der Waals surface area contributed by atoms with Gasteiger partial charge in [-0.25, -0.2) is 4.79 Å². The number of carboxylic acids is 1. The van der Waals surface area contributed by atoms with E-state index in [0.717, 1.165) is 10.6 Å². The van der Waals surface area contributed by atoms with E-state index in [0.29, 0.717) is 5.13 Å². The van der Waals surface area contributed by atoms with Crippen LogP contribution in [0.3, 0.4) is 0 Å². The first kappa shape index (κ1) is 16.9. The Kier molecular flexibility index (Phi) is 5.28. The van der Waals surface area contributed by atoms with Crippen molar-refractivity contribution in [3.05, 3.63) is 40.9 Å². The maximum Gasteiger partial charge on any atom is 0.321 e. The molecule has 0 aliphatic rings. The van der Waals surface area contributed by atoms with Crippen LogP contribution >= 0.6 is 11.3 Å². The van der Waals surface area contributed by atoms with E-state index in [2.05, 4.69) is 20.8 Å². The summed E-state index contributed by atoms with van der Waals surface area (Å²) in [7, 11) is 0. The lowest BCUT2D eigenvalue weighted by Crippen LogP contribution is -2.30. The molecule has 0 aliphatic heterocycles. The lowest BCUT2D eigenvalue weighted by molar-refractivity contribution is -0.136. The molecule has 1 heterocycles. The van der Waals surface area contributed by atoms with Crippen molar-refractivity contribution in [2.45, 2.75) is 25.7 Å².